The van der Waals surface area contributed by atoms with E-state index in [1.165, 1.54) is 83.5 Å². The summed E-state index contributed by atoms with van der Waals surface area (Å²) in [6.07, 6.45) is 15.0. The lowest BCUT2D eigenvalue weighted by Gasteiger charge is -2.39. The average Bonchev–Trinajstić information content (AvgIpc) is 3.27. The second-order valence-electron chi connectivity index (χ2n) is 11.9. The summed E-state index contributed by atoms with van der Waals surface area (Å²) in [5, 5.41) is 20.6. The van der Waals surface area contributed by atoms with Crippen LogP contribution in [0.1, 0.15) is 124 Å². The van der Waals surface area contributed by atoms with Crippen LogP contribution in [0.25, 0.3) is 0 Å². The zero-order chi connectivity index (χ0) is 29.2. The van der Waals surface area contributed by atoms with Crippen molar-refractivity contribution in [2.45, 2.75) is 167 Å². The van der Waals surface area contributed by atoms with Gasteiger partial charge in [0, 0.05) is 13.0 Å². The van der Waals surface area contributed by atoms with Gasteiger partial charge in [-0.25, -0.2) is 0 Å². The Kier molecular flexibility index (Phi) is 17.9. The van der Waals surface area contributed by atoms with Crippen molar-refractivity contribution in [1.82, 2.24) is 0 Å². The molecule has 236 valence electrons. The Morgan fingerprint density at radius 3 is 1.93 bits per heavy atom. The zero-order valence-electron chi connectivity index (χ0n) is 26.0. The minimum absolute atomic E-state index is 0.152. The third-order valence-electron chi connectivity index (χ3n) is 7.75. The Balaban J connectivity index is 1.58. The summed E-state index contributed by atoms with van der Waals surface area (Å²) in [6, 6.07) is 0. The monoisotopic (exact) mass is 572 g/mol. The predicted octanol–water partition coefficient (Wildman–Crippen LogP) is 6.41. The second kappa shape index (κ2) is 20.2. The molecule has 0 radical (unpaired) electrons. The molecule has 0 aliphatic carbocycles. The summed E-state index contributed by atoms with van der Waals surface area (Å²) >= 11 is 0. The highest BCUT2D eigenvalue weighted by Gasteiger charge is 2.55. The molecule has 8 heteroatoms. The van der Waals surface area contributed by atoms with Gasteiger partial charge in [0.25, 0.3) is 0 Å². The summed E-state index contributed by atoms with van der Waals surface area (Å²) in [7, 11) is 0. The number of rotatable bonds is 24. The van der Waals surface area contributed by atoms with E-state index in [4.69, 9.17) is 28.4 Å². The van der Waals surface area contributed by atoms with Crippen LogP contribution in [0.15, 0.2) is 12.3 Å². The van der Waals surface area contributed by atoms with E-state index in [2.05, 4.69) is 13.5 Å². The van der Waals surface area contributed by atoms with Gasteiger partial charge in [-0.15, -0.1) is 0 Å². The lowest BCUT2D eigenvalue weighted by atomic mass is 9.99. The van der Waals surface area contributed by atoms with E-state index in [1.54, 1.807) is 13.8 Å². The molecule has 40 heavy (non-hydrogen) atoms. The minimum Gasteiger partial charge on any atom is -0.491 e. The molecule has 2 rings (SSSR count). The van der Waals surface area contributed by atoms with Crippen LogP contribution >= 0.6 is 0 Å². The Bertz CT molecular complexity index is 657. The number of ether oxygens (including phenoxy) is 6. The number of aliphatic hydroxyl groups excluding tert-OH is 2. The molecule has 8 nitrogen and oxygen atoms in total. The predicted molar refractivity (Wildman–Crippen MR) is 157 cm³/mol. The number of unbranched alkanes of at least 4 members (excludes halogenated alkanes) is 13. The van der Waals surface area contributed by atoms with Gasteiger partial charge in [0.15, 0.2) is 12.1 Å². The van der Waals surface area contributed by atoms with E-state index in [0.29, 0.717) is 25.4 Å². The van der Waals surface area contributed by atoms with Crippen LogP contribution in [0, 0.1) is 0 Å². The highest BCUT2D eigenvalue weighted by atomic mass is 16.8. The Hall–Kier alpha value is -0.740. The van der Waals surface area contributed by atoms with Gasteiger partial charge in [0.1, 0.15) is 30.5 Å². The maximum absolute atomic E-state index is 10.8. The maximum atomic E-state index is 10.8. The molecule has 2 fully saturated rings. The summed E-state index contributed by atoms with van der Waals surface area (Å²) in [6.45, 7) is 12.7. The molecular weight excluding hydrogens is 512 g/mol. The molecule has 0 aromatic carbocycles. The smallest absolute Gasteiger partial charge is 0.186 e. The van der Waals surface area contributed by atoms with Crippen molar-refractivity contribution in [2.75, 3.05) is 26.4 Å². The highest BCUT2D eigenvalue weighted by Crippen LogP contribution is 2.37. The molecule has 6 atom stereocenters. The number of hydrogen-bond acceptors (Lipinski definition) is 8. The van der Waals surface area contributed by atoms with Gasteiger partial charge in [-0.3, -0.25) is 0 Å². The van der Waals surface area contributed by atoms with Crippen LogP contribution < -0.4 is 0 Å². The zero-order valence-corrected chi connectivity index (χ0v) is 26.0. The van der Waals surface area contributed by atoms with Crippen LogP contribution in [0.4, 0.5) is 0 Å². The van der Waals surface area contributed by atoms with Crippen molar-refractivity contribution in [3.63, 3.8) is 0 Å². The van der Waals surface area contributed by atoms with Crippen LogP contribution in [0.5, 0.6) is 0 Å². The normalized spacial score (nSPS) is 26.5. The first kappa shape index (κ1) is 35.5. The average molecular weight is 573 g/mol. The molecule has 0 aromatic heterocycles. The van der Waals surface area contributed by atoms with Gasteiger partial charge in [-0.2, -0.15) is 0 Å². The number of fused-ring (bicyclic) bond motifs is 1. The van der Waals surface area contributed by atoms with Crippen LogP contribution in [-0.4, -0.2) is 79.2 Å². The third-order valence-corrected chi connectivity index (χ3v) is 7.75. The molecule has 0 saturated carbocycles. The number of allylic oxidation sites excluding steroid dienone is 1. The molecule has 2 N–H and O–H groups in total. The lowest BCUT2D eigenvalue weighted by Crippen LogP contribution is -2.58. The molecule has 0 amide bonds. The Morgan fingerprint density at radius 2 is 1.38 bits per heavy atom. The first-order chi connectivity index (χ1) is 19.3. The van der Waals surface area contributed by atoms with Crippen LogP contribution in [0.2, 0.25) is 0 Å². The fourth-order valence-electron chi connectivity index (χ4n) is 5.39. The fraction of sp³-hybridized carbons (Fsp3) is 0.938. The van der Waals surface area contributed by atoms with Crippen molar-refractivity contribution in [2.24, 2.45) is 0 Å². The van der Waals surface area contributed by atoms with Gasteiger partial charge in [0.05, 0.1) is 25.6 Å². The van der Waals surface area contributed by atoms with Crippen molar-refractivity contribution in [1.29, 1.82) is 0 Å². The van der Waals surface area contributed by atoms with Gasteiger partial charge in [0.2, 0.25) is 0 Å². The summed E-state index contributed by atoms with van der Waals surface area (Å²) < 4.78 is 35.3. The van der Waals surface area contributed by atoms with Gasteiger partial charge < -0.3 is 38.6 Å². The SMILES string of the molecule is C=C(CC)OC(COCCCCCCCCCCCCCCCC)CO[C@@H]1O[C@H](CO)[C@@H]2OC(C)(C)O[C@@H]2[C@H]1O. The topological polar surface area (TPSA) is 95.8 Å². The molecule has 2 saturated heterocycles. The lowest BCUT2D eigenvalue weighted by molar-refractivity contribution is -0.287. The van der Waals surface area contributed by atoms with E-state index < -0.39 is 36.5 Å². The van der Waals surface area contributed by atoms with E-state index in [0.717, 1.165) is 6.42 Å². The summed E-state index contributed by atoms with van der Waals surface area (Å²) in [4.78, 5) is 0. The summed E-state index contributed by atoms with van der Waals surface area (Å²) in [5.41, 5.74) is 0. The van der Waals surface area contributed by atoms with Crippen molar-refractivity contribution in [3.8, 4) is 0 Å². The van der Waals surface area contributed by atoms with Crippen LogP contribution in [-0.2, 0) is 28.4 Å². The molecule has 2 aliphatic heterocycles. The van der Waals surface area contributed by atoms with Crippen molar-refractivity contribution >= 4 is 0 Å². The fourth-order valence-corrected chi connectivity index (χ4v) is 5.39. The molecule has 0 spiro atoms. The van der Waals surface area contributed by atoms with Gasteiger partial charge >= 0.3 is 0 Å². The number of hydrogen-bond donors (Lipinski definition) is 2. The van der Waals surface area contributed by atoms with E-state index in [9.17, 15) is 10.2 Å². The molecule has 2 heterocycles. The van der Waals surface area contributed by atoms with Crippen molar-refractivity contribution < 1.29 is 38.6 Å². The maximum Gasteiger partial charge on any atom is 0.186 e. The minimum atomic E-state index is -1.05. The molecule has 0 aromatic rings. The first-order valence-electron chi connectivity index (χ1n) is 16.1. The Labute approximate surface area is 244 Å². The molecule has 2 aliphatic rings. The van der Waals surface area contributed by atoms with Gasteiger partial charge in [-0.05, 0) is 20.3 Å². The van der Waals surface area contributed by atoms with Gasteiger partial charge in [-0.1, -0.05) is 104 Å². The van der Waals surface area contributed by atoms with E-state index in [-0.39, 0.29) is 19.3 Å². The molecule has 1 unspecified atom stereocenters. The Morgan fingerprint density at radius 1 is 0.825 bits per heavy atom. The quantitative estimate of drug-likeness (QED) is 0.101. The second-order valence-corrected chi connectivity index (χ2v) is 11.9. The van der Waals surface area contributed by atoms with Crippen LogP contribution in [0.3, 0.4) is 0 Å². The van der Waals surface area contributed by atoms with E-state index >= 15 is 0 Å². The van der Waals surface area contributed by atoms with E-state index in [1.807, 2.05) is 6.92 Å². The standard InChI is InChI=1S/C32H60O8/c1-6-8-9-10-11-12-13-14-15-16-17-18-19-20-21-35-23-26(37-25(3)7-2)24-36-31-28(34)30-29(27(22-33)38-31)39-32(4,5)40-30/h26-31,33-34H,3,6-24H2,1-2,4-5H3/t26?,27-,28-,29+,30-,31-/m1/s1. The summed E-state index contributed by atoms with van der Waals surface area (Å²) in [5.74, 6) is -0.213. The first-order valence-corrected chi connectivity index (χ1v) is 16.1. The third kappa shape index (κ3) is 13.5. The largest absolute Gasteiger partial charge is 0.491 e. The van der Waals surface area contributed by atoms with Crippen molar-refractivity contribution in [3.05, 3.63) is 12.3 Å². The molecule has 0 bridgehead atoms. The molecular formula is C32H60O8. The highest BCUT2D eigenvalue weighted by molar-refractivity contribution is 4.96. The number of aliphatic hydroxyl groups is 2.